The summed E-state index contributed by atoms with van der Waals surface area (Å²) < 4.78 is 20.2. The fraction of sp³-hybridized carbons (Fsp3) is 0.143. The van der Waals surface area contributed by atoms with Gasteiger partial charge in [0.15, 0.2) is 0 Å². The van der Waals surface area contributed by atoms with E-state index in [-0.39, 0.29) is 11.4 Å². The normalized spacial score (nSPS) is 11.1. The molecule has 4 aromatic rings. The third-order valence-corrected chi connectivity index (χ3v) is 5.38. The van der Waals surface area contributed by atoms with Gasteiger partial charge in [0.1, 0.15) is 16.4 Å². The van der Waals surface area contributed by atoms with Gasteiger partial charge in [-0.1, -0.05) is 29.8 Å². The van der Waals surface area contributed by atoms with Crippen LogP contribution < -0.4 is 10.3 Å². The lowest BCUT2D eigenvalue weighted by Gasteiger charge is -2.11. The van der Waals surface area contributed by atoms with E-state index in [9.17, 15) is 9.18 Å². The molecule has 27 heavy (non-hydrogen) atoms. The molecule has 0 atom stereocenters. The van der Waals surface area contributed by atoms with Crippen LogP contribution in [0.3, 0.4) is 0 Å². The SMILES string of the molecule is COc1ccc(C)cc1Cn1cnc2scc(-c3ccc(F)cc3)c2c1=O. The predicted molar refractivity (Wildman–Crippen MR) is 106 cm³/mol. The molecule has 0 bridgehead atoms. The molecule has 0 aliphatic carbocycles. The van der Waals surface area contributed by atoms with Gasteiger partial charge in [0.2, 0.25) is 0 Å². The van der Waals surface area contributed by atoms with Crippen LogP contribution in [0.2, 0.25) is 0 Å². The third-order valence-electron chi connectivity index (χ3n) is 4.49. The second-order valence-corrected chi connectivity index (χ2v) is 7.19. The van der Waals surface area contributed by atoms with E-state index in [2.05, 4.69) is 4.98 Å². The fourth-order valence-corrected chi connectivity index (χ4v) is 4.04. The molecule has 2 aromatic heterocycles. The summed E-state index contributed by atoms with van der Waals surface area (Å²) in [6.45, 7) is 2.37. The van der Waals surface area contributed by atoms with Crippen molar-refractivity contribution < 1.29 is 9.13 Å². The van der Waals surface area contributed by atoms with Crippen LogP contribution in [0.25, 0.3) is 21.3 Å². The standard InChI is InChI=1S/C21H17FN2O2S/c1-13-3-8-18(26-2)15(9-13)10-24-12-23-20-19(21(24)25)17(11-27-20)14-4-6-16(22)7-5-14/h3-9,11-12H,10H2,1-2H3. The minimum Gasteiger partial charge on any atom is -0.496 e. The summed E-state index contributed by atoms with van der Waals surface area (Å²) in [4.78, 5) is 18.3. The molecular weight excluding hydrogens is 363 g/mol. The van der Waals surface area contributed by atoms with E-state index in [1.807, 2.05) is 30.5 Å². The molecule has 0 radical (unpaired) electrons. The van der Waals surface area contributed by atoms with Gasteiger partial charge in [-0.25, -0.2) is 9.37 Å². The number of hydrogen-bond acceptors (Lipinski definition) is 4. The zero-order chi connectivity index (χ0) is 19.0. The highest BCUT2D eigenvalue weighted by Gasteiger charge is 2.14. The molecule has 0 spiro atoms. The number of aryl methyl sites for hydroxylation is 1. The van der Waals surface area contributed by atoms with Crippen molar-refractivity contribution in [1.29, 1.82) is 0 Å². The molecule has 0 fully saturated rings. The van der Waals surface area contributed by atoms with Crippen LogP contribution in [0.5, 0.6) is 5.75 Å². The molecule has 6 heteroatoms. The molecule has 0 unspecified atom stereocenters. The van der Waals surface area contributed by atoms with Gasteiger partial charge in [0.25, 0.3) is 5.56 Å². The van der Waals surface area contributed by atoms with Crippen LogP contribution in [0.1, 0.15) is 11.1 Å². The summed E-state index contributed by atoms with van der Waals surface area (Å²) >= 11 is 1.41. The van der Waals surface area contributed by atoms with Crippen molar-refractivity contribution in [2.24, 2.45) is 0 Å². The third kappa shape index (κ3) is 3.24. The molecule has 4 rings (SSSR count). The molecule has 136 valence electrons. The van der Waals surface area contributed by atoms with Crippen LogP contribution in [-0.4, -0.2) is 16.7 Å². The number of thiophene rings is 1. The Bertz CT molecular complexity index is 1180. The summed E-state index contributed by atoms with van der Waals surface area (Å²) in [6, 6.07) is 12.0. The summed E-state index contributed by atoms with van der Waals surface area (Å²) in [5.74, 6) is 0.428. The van der Waals surface area contributed by atoms with Crippen molar-refractivity contribution in [3.05, 3.63) is 81.5 Å². The number of nitrogens with zero attached hydrogens (tertiary/aromatic N) is 2. The van der Waals surface area contributed by atoms with Crippen LogP contribution in [0.4, 0.5) is 4.39 Å². The molecule has 0 amide bonds. The lowest BCUT2D eigenvalue weighted by Crippen LogP contribution is -2.21. The summed E-state index contributed by atoms with van der Waals surface area (Å²) in [7, 11) is 1.61. The maximum absolute atomic E-state index is 13.2. The lowest BCUT2D eigenvalue weighted by atomic mass is 10.1. The molecule has 0 N–H and O–H groups in total. The summed E-state index contributed by atoms with van der Waals surface area (Å²) in [5.41, 5.74) is 3.46. The molecule has 4 nitrogen and oxygen atoms in total. The minimum absolute atomic E-state index is 0.121. The van der Waals surface area contributed by atoms with Crippen molar-refractivity contribution in [3.8, 4) is 16.9 Å². The van der Waals surface area contributed by atoms with Crippen LogP contribution in [-0.2, 0) is 6.54 Å². The van der Waals surface area contributed by atoms with E-state index in [0.717, 1.165) is 28.0 Å². The molecular formula is C21H17FN2O2S. The molecule has 0 saturated heterocycles. The first-order valence-corrected chi connectivity index (χ1v) is 9.31. The Morgan fingerprint density at radius 2 is 1.96 bits per heavy atom. The molecule has 2 heterocycles. The summed E-state index contributed by atoms with van der Waals surface area (Å²) in [6.07, 6.45) is 1.57. The van der Waals surface area contributed by atoms with Crippen molar-refractivity contribution in [2.75, 3.05) is 7.11 Å². The van der Waals surface area contributed by atoms with Crippen molar-refractivity contribution in [3.63, 3.8) is 0 Å². The molecule has 0 aliphatic heterocycles. The second kappa shape index (κ2) is 6.96. The second-order valence-electron chi connectivity index (χ2n) is 6.33. The van der Waals surface area contributed by atoms with Gasteiger partial charge in [-0.15, -0.1) is 11.3 Å². The minimum atomic E-state index is -0.305. The van der Waals surface area contributed by atoms with Crippen LogP contribution >= 0.6 is 11.3 Å². The zero-order valence-electron chi connectivity index (χ0n) is 14.9. The molecule has 0 aliphatic rings. The quantitative estimate of drug-likeness (QED) is 0.518. The maximum atomic E-state index is 13.2. The van der Waals surface area contributed by atoms with Gasteiger partial charge >= 0.3 is 0 Å². The van der Waals surface area contributed by atoms with Crippen molar-refractivity contribution in [1.82, 2.24) is 9.55 Å². The Labute approximate surface area is 159 Å². The van der Waals surface area contributed by atoms with Gasteiger partial charge in [-0.2, -0.15) is 0 Å². The van der Waals surface area contributed by atoms with E-state index in [1.165, 1.54) is 23.5 Å². The number of ether oxygens (including phenoxy) is 1. The first-order valence-electron chi connectivity index (χ1n) is 8.43. The average Bonchev–Trinajstić information content (AvgIpc) is 3.10. The fourth-order valence-electron chi connectivity index (χ4n) is 3.14. The van der Waals surface area contributed by atoms with Crippen LogP contribution in [0, 0.1) is 12.7 Å². The predicted octanol–water partition coefficient (Wildman–Crippen LogP) is 4.63. The zero-order valence-corrected chi connectivity index (χ0v) is 15.7. The number of methoxy groups -OCH3 is 1. The van der Waals surface area contributed by atoms with Crippen LogP contribution in [0.15, 0.2) is 59.0 Å². The number of halogens is 1. The Morgan fingerprint density at radius 1 is 1.19 bits per heavy atom. The Balaban J connectivity index is 1.83. The summed E-state index contributed by atoms with van der Waals surface area (Å²) in [5, 5.41) is 2.45. The highest BCUT2D eigenvalue weighted by Crippen LogP contribution is 2.31. The number of benzene rings is 2. The van der Waals surface area contributed by atoms with Gasteiger partial charge in [-0.3, -0.25) is 9.36 Å². The van der Waals surface area contributed by atoms with Gasteiger partial charge in [0, 0.05) is 16.5 Å². The van der Waals surface area contributed by atoms with Gasteiger partial charge in [-0.05, 0) is 30.7 Å². The largest absolute Gasteiger partial charge is 0.496 e. The van der Waals surface area contributed by atoms with Crippen molar-refractivity contribution >= 4 is 21.6 Å². The number of aromatic nitrogens is 2. The number of hydrogen-bond donors (Lipinski definition) is 0. The molecule has 2 aromatic carbocycles. The Morgan fingerprint density at radius 3 is 2.70 bits per heavy atom. The van der Waals surface area contributed by atoms with Gasteiger partial charge < -0.3 is 4.74 Å². The number of fused-ring (bicyclic) bond motifs is 1. The average molecular weight is 380 g/mol. The maximum Gasteiger partial charge on any atom is 0.263 e. The van der Waals surface area contributed by atoms with E-state index in [1.54, 1.807) is 30.1 Å². The van der Waals surface area contributed by atoms with Gasteiger partial charge in [0.05, 0.1) is 25.4 Å². The number of rotatable bonds is 4. The highest BCUT2D eigenvalue weighted by atomic mass is 32.1. The lowest BCUT2D eigenvalue weighted by molar-refractivity contribution is 0.408. The van der Waals surface area contributed by atoms with E-state index in [0.29, 0.717) is 16.8 Å². The van der Waals surface area contributed by atoms with E-state index >= 15 is 0 Å². The smallest absolute Gasteiger partial charge is 0.263 e. The molecule has 0 saturated carbocycles. The Hall–Kier alpha value is -2.99. The Kier molecular flexibility index (Phi) is 4.49. The van der Waals surface area contributed by atoms with E-state index in [4.69, 9.17) is 4.74 Å². The highest BCUT2D eigenvalue weighted by molar-refractivity contribution is 7.17. The monoisotopic (exact) mass is 380 g/mol. The first kappa shape index (κ1) is 17.4. The van der Waals surface area contributed by atoms with E-state index < -0.39 is 0 Å². The first-order chi connectivity index (χ1) is 13.1. The topological polar surface area (TPSA) is 44.1 Å². The van der Waals surface area contributed by atoms with Crippen molar-refractivity contribution in [2.45, 2.75) is 13.5 Å².